The number of hydrogen-bond acceptors (Lipinski definition) is 4. The molecule has 0 saturated heterocycles. The summed E-state index contributed by atoms with van der Waals surface area (Å²) in [6.45, 7) is 4.75. The lowest BCUT2D eigenvalue weighted by Gasteiger charge is -2.16. The molecular formula is C23H24ClN3O2. The minimum Gasteiger partial charge on any atom is -0.448 e. The number of esters is 1. The molecule has 2 heterocycles. The molecule has 0 N–H and O–H groups in total. The van der Waals surface area contributed by atoms with E-state index in [2.05, 4.69) is 17.0 Å². The van der Waals surface area contributed by atoms with Gasteiger partial charge in [0.15, 0.2) is 6.10 Å². The minimum atomic E-state index is -0.585. The van der Waals surface area contributed by atoms with Crippen LogP contribution in [-0.4, -0.2) is 20.7 Å². The zero-order valence-electron chi connectivity index (χ0n) is 16.6. The Labute approximate surface area is 176 Å². The van der Waals surface area contributed by atoms with E-state index < -0.39 is 12.1 Å². The number of aryl methyl sites for hydroxylation is 2. The Morgan fingerprint density at radius 3 is 2.66 bits per heavy atom. The first kappa shape index (κ1) is 20.8. The molecule has 0 amide bonds. The molecule has 1 atom stereocenters. The SMILES string of the molecule is CCCCn1nc(C)c(/C=C/C(=O)OC(c2ccccc2)c2ccccn2)c1Cl. The Hall–Kier alpha value is -2.92. The van der Waals surface area contributed by atoms with Gasteiger partial charge in [-0.25, -0.2) is 4.79 Å². The monoisotopic (exact) mass is 409 g/mol. The highest BCUT2D eigenvalue weighted by Gasteiger charge is 2.19. The Morgan fingerprint density at radius 2 is 1.97 bits per heavy atom. The standard InChI is InChI=1S/C23H24ClN3O2/c1-3-4-16-27-23(24)19(17(2)26-27)13-14-21(28)29-22(18-10-6-5-7-11-18)20-12-8-9-15-25-20/h5-15,22H,3-4,16H2,1-2H3/b14-13+. The fourth-order valence-electron chi connectivity index (χ4n) is 2.98. The van der Waals surface area contributed by atoms with Gasteiger partial charge in [-0.15, -0.1) is 0 Å². The molecule has 0 aliphatic carbocycles. The minimum absolute atomic E-state index is 0.471. The summed E-state index contributed by atoms with van der Waals surface area (Å²) in [6.07, 6.45) is 6.20. The largest absolute Gasteiger partial charge is 0.448 e. The number of carbonyl (C=O) groups excluding carboxylic acids is 1. The number of benzene rings is 1. The van der Waals surface area contributed by atoms with E-state index in [4.69, 9.17) is 16.3 Å². The fourth-order valence-corrected chi connectivity index (χ4v) is 3.30. The highest BCUT2D eigenvalue weighted by atomic mass is 35.5. The smallest absolute Gasteiger partial charge is 0.331 e. The number of nitrogens with zero attached hydrogens (tertiary/aromatic N) is 3. The van der Waals surface area contributed by atoms with E-state index in [1.165, 1.54) is 6.08 Å². The van der Waals surface area contributed by atoms with Crippen molar-refractivity contribution < 1.29 is 9.53 Å². The Balaban J connectivity index is 1.78. The summed E-state index contributed by atoms with van der Waals surface area (Å²) in [6, 6.07) is 15.1. The van der Waals surface area contributed by atoms with Gasteiger partial charge >= 0.3 is 5.97 Å². The molecule has 0 bridgehead atoms. The van der Waals surface area contributed by atoms with E-state index in [0.717, 1.165) is 36.2 Å². The van der Waals surface area contributed by atoms with Crippen molar-refractivity contribution in [2.24, 2.45) is 0 Å². The molecule has 0 saturated carbocycles. The zero-order valence-corrected chi connectivity index (χ0v) is 17.3. The summed E-state index contributed by atoms with van der Waals surface area (Å²) < 4.78 is 7.51. The fraction of sp³-hybridized carbons (Fsp3) is 0.261. The van der Waals surface area contributed by atoms with E-state index in [1.54, 1.807) is 17.0 Å². The first-order valence-corrected chi connectivity index (χ1v) is 10.1. The molecular weight excluding hydrogens is 386 g/mol. The van der Waals surface area contributed by atoms with Gasteiger partial charge in [0, 0.05) is 24.4 Å². The summed E-state index contributed by atoms with van der Waals surface area (Å²) in [5.41, 5.74) is 3.03. The van der Waals surface area contributed by atoms with Crippen LogP contribution in [0.4, 0.5) is 0 Å². The molecule has 3 rings (SSSR count). The van der Waals surface area contributed by atoms with E-state index in [-0.39, 0.29) is 0 Å². The Morgan fingerprint density at radius 1 is 1.21 bits per heavy atom. The second-order valence-electron chi connectivity index (χ2n) is 6.68. The summed E-state index contributed by atoms with van der Waals surface area (Å²) in [5.74, 6) is -0.471. The predicted octanol–water partition coefficient (Wildman–Crippen LogP) is 5.39. The maximum atomic E-state index is 12.6. The Kier molecular flexibility index (Phi) is 7.19. The quantitative estimate of drug-likeness (QED) is 0.370. The maximum absolute atomic E-state index is 12.6. The lowest BCUT2D eigenvalue weighted by molar-refractivity contribution is -0.141. The van der Waals surface area contributed by atoms with E-state index in [9.17, 15) is 4.79 Å². The zero-order chi connectivity index (χ0) is 20.6. The number of ether oxygens (including phenoxy) is 1. The van der Waals surface area contributed by atoms with Gasteiger partial charge in [0.05, 0.1) is 11.4 Å². The van der Waals surface area contributed by atoms with Crippen LogP contribution in [0, 0.1) is 6.92 Å². The second kappa shape index (κ2) is 10.0. The molecule has 29 heavy (non-hydrogen) atoms. The van der Waals surface area contributed by atoms with Crippen LogP contribution >= 0.6 is 11.6 Å². The van der Waals surface area contributed by atoms with Crippen LogP contribution < -0.4 is 0 Å². The maximum Gasteiger partial charge on any atom is 0.331 e. The topological polar surface area (TPSA) is 57.0 Å². The lowest BCUT2D eigenvalue weighted by atomic mass is 10.1. The van der Waals surface area contributed by atoms with E-state index in [0.29, 0.717) is 10.8 Å². The van der Waals surface area contributed by atoms with Crippen LogP contribution in [0.1, 0.15) is 48.4 Å². The average Bonchev–Trinajstić information content (AvgIpc) is 3.02. The first-order chi connectivity index (χ1) is 14.1. The molecule has 3 aromatic rings. The third-order valence-corrected chi connectivity index (χ3v) is 4.91. The molecule has 6 heteroatoms. The van der Waals surface area contributed by atoms with Crippen LogP contribution in [0.5, 0.6) is 0 Å². The number of pyridine rings is 1. The molecule has 0 aliphatic rings. The number of unbranched alkanes of at least 4 members (excludes halogenated alkanes) is 1. The van der Waals surface area contributed by atoms with E-state index in [1.807, 2.05) is 55.5 Å². The molecule has 150 valence electrons. The summed E-state index contributed by atoms with van der Waals surface area (Å²) in [7, 11) is 0. The summed E-state index contributed by atoms with van der Waals surface area (Å²) in [5, 5.41) is 4.98. The molecule has 0 fully saturated rings. The Bertz CT molecular complexity index is 929. The van der Waals surface area contributed by atoms with Crippen molar-refractivity contribution in [3.05, 3.63) is 88.5 Å². The molecule has 0 radical (unpaired) electrons. The van der Waals surface area contributed by atoms with Crippen LogP contribution in [0.3, 0.4) is 0 Å². The van der Waals surface area contributed by atoms with Gasteiger partial charge in [0.2, 0.25) is 0 Å². The normalized spacial score (nSPS) is 12.2. The highest BCUT2D eigenvalue weighted by Crippen LogP contribution is 2.25. The number of aromatic nitrogens is 3. The number of hydrogen-bond donors (Lipinski definition) is 0. The summed E-state index contributed by atoms with van der Waals surface area (Å²) >= 11 is 6.43. The average molecular weight is 410 g/mol. The molecule has 1 aromatic carbocycles. The molecule has 2 aromatic heterocycles. The van der Waals surface area contributed by atoms with Crippen LogP contribution in [0.25, 0.3) is 6.08 Å². The van der Waals surface area contributed by atoms with Gasteiger partial charge in [-0.1, -0.05) is 61.3 Å². The molecule has 1 unspecified atom stereocenters. The first-order valence-electron chi connectivity index (χ1n) is 9.67. The van der Waals surface area contributed by atoms with E-state index >= 15 is 0 Å². The third-order valence-electron chi connectivity index (χ3n) is 4.51. The second-order valence-corrected chi connectivity index (χ2v) is 7.04. The van der Waals surface area contributed by atoms with Gasteiger partial charge in [0.1, 0.15) is 5.15 Å². The van der Waals surface area contributed by atoms with Crippen molar-refractivity contribution in [1.82, 2.24) is 14.8 Å². The van der Waals surface area contributed by atoms with Crippen LogP contribution in [0.15, 0.2) is 60.8 Å². The van der Waals surface area contributed by atoms with Crippen LogP contribution in [0.2, 0.25) is 5.15 Å². The number of carbonyl (C=O) groups is 1. The third kappa shape index (κ3) is 5.33. The lowest BCUT2D eigenvalue weighted by Crippen LogP contribution is -2.12. The summed E-state index contributed by atoms with van der Waals surface area (Å²) in [4.78, 5) is 16.9. The molecule has 5 nitrogen and oxygen atoms in total. The van der Waals surface area contributed by atoms with Crippen molar-refractivity contribution in [2.75, 3.05) is 0 Å². The van der Waals surface area contributed by atoms with Gasteiger partial charge in [-0.3, -0.25) is 9.67 Å². The van der Waals surface area contributed by atoms with Crippen molar-refractivity contribution in [2.45, 2.75) is 39.3 Å². The van der Waals surface area contributed by atoms with Crippen molar-refractivity contribution in [3.63, 3.8) is 0 Å². The van der Waals surface area contributed by atoms with Gasteiger partial charge in [0.25, 0.3) is 0 Å². The number of rotatable bonds is 8. The van der Waals surface area contributed by atoms with Gasteiger partial charge < -0.3 is 4.74 Å². The van der Waals surface area contributed by atoms with Crippen molar-refractivity contribution >= 4 is 23.6 Å². The number of halogens is 1. The van der Waals surface area contributed by atoms with Crippen molar-refractivity contribution in [3.8, 4) is 0 Å². The predicted molar refractivity (Wildman–Crippen MR) is 115 cm³/mol. The highest BCUT2D eigenvalue weighted by molar-refractivity contribution is 6.31. The van der Waals surface area contributed by atoms with Gasteiger partial charge in [-0.2, -0.15) is 5.10 Å². The van der Waals surface area contributed by atoms with Gasteiger partial charge in [-0.05, 0) is 37.1 Å². The molecule has 0 spiro atoms. The molecule has 0 aliphatic heterocycles. The van der Waals surface area contributed by atoms with Crippen LogP contribution in [-0.2, 0) is 16.1 Å². The van der Waals surface area contributed by atoms with Crippen molar-refractivity contribution in [1.29, 1.82) is 0 Å².